The number of likely N-dealkylation sites (tertiary alicyclic amines) is 1. The smallest absolute Gasteiger partial charge is 0.406 e. The van der Waals surface area contributed by atoms with E-state index in [-0.39, 0.29) is 5.75 Å². The minimum absolute atomic E-state index is 0.211. The number of hydrogen-bond donors (Lipinski definition) is 1. The molecule has 1 aliphatic rings. The van der Waals surface area contributed by atoms with Crippen molar-refractivity contribution in [2.45, 2.75) is 32.0 Å². The van der Waals surface area contributed by atoms with E-state index in [0.29, 0.717) is 18.9 Å². The number of benzene rings is 1. The molecule has 158 valence electrons. The lowest BCUT2D eigenvalue weighted by atomic mass is 10.0. The van der Waals surface area contributed by atoms with Gasteiger partial charge in [0.05, 0.1) is 6.20 Å². The number of aliphatic imine (C=N–C) groups is 1. The van der Waals surface area contributed by atoms with Crippen LogP contribution in [0.4, 0.5) is 13.2 Å². The SMILES string of the molecule is CCNC(=NCCc1ccc(OC(F)(F)F)cc1)N1CCC(c2cnn(C)c2)C1. The summed E-state index contributed by atoms with van der Waals surface area (Å²) in [5, 5.41) is 7.59. The number of guanidine groups is 1. The number of aromatic nitrogens is 2. The molecule has 1 unspecified atom stereocenters. The Hall–Kier alpha value is -2.71. The Morgan fingerprint density at radius 2 is 2.07 bits per heavy atom. The standard InChI is InChI=1S/C20H26F3N5O/c1-3-24-19(28-11-9-16(14-28)17-12-26-27(2)13-17)25-10-8-15-4-6-18(7-5-15)29-20(21,22)23/h4-7,12-13,16H,3,8-11,14H2,1-2H3,(H,24,25). The van der Waals surface area contributed by atoms with Crippen LogP contribution in [0.3, 0.4) is 0 Å². The van der Waals surface area contributed by atoms with Crippen molar-refractivity contribution in [3.8, 4) is 5.75 Å². The number of aryl methyl sites for hydroxylation is 1. The van der Waals surface area contributed by atoms with E-state index in [9.17, 15) is 13.2 Å². The first-order chi connectivity index (χ1) is 13.8. The second kappa shape index (κ2) is 9.19. The van der Waals surface area contributed by atoms with Crippen molar-refractivity contribution in [3.05, 3.63) is 47.8 Å². The minimum Gasteiger partial charge on any atom is -0.406 e. The van der Waals surface area contributed by atoms with Gasteiger partial charge in [0.25, 0.3) is 0 Å². The van der Waals surface area contributed by atoms with Crippen LogP contribution in [0.25, 0.3) is 0 Å². The maximum atomic E-state index is 12.2. The van der Waals surface area contributed by atoms with Crippen LogP contribution in [0.1, 0.15) is 30.4 Å². The highest BCUT2D eigenvalue weighted by atomic mass is 19.4. The largest absolute Gasteiger partial charge is 0.573 e. The van der Waals surface area contributed by atoms with Crippen molar-refractivity contribution in [1.29, 1.82) is 0 Å². The molecule has 2 heterocycles. The van der Waals surface area contributed by atoms with Crippen LogP contribution >= 0.6 is 0 Å². The van der Waals surface area contributed by atoms with Gasteiger partial charge in [0.15, 0.2) is 5.96 Å². The van der Waals surface area contributed by atoms with E-state index < -0.39 is 6.36 Å². The van der Waals surface area contributed by atoms with Crippen molar-refractivity contribution in [2.75, 3.05) is 26.2 Å². The van der Waals surface area contributed by atoms with Crippen LogP contribution in [0.2, 0.25) is 0 Å². The monoisotopic (exact) mass is 409 g/mol. The van der Waals surface area contributed by atoms with E-state index in [2.05, 4.69) is 26.2 Å². The average molecular weight is 409 g/mol. The topological polar surface area (TPSA) is 54.7 Å². The summed E-state index contributed by atoms with van der Waals surface area (Å²) in [4.78, 5) is 6.96. The molecule has 1 fully saturated rings. The third kappa shape index (κ3) is 6.13. The number of halogens is 3. The van der Waals surface area contributed by atoms with Crippen LogP contribution < -0.4 is 10.1 Å². The molecule has 1 aliphatic heterocycles. The molecule has 6 nitrogen and oxygen atoms in total. The van der Waals surface area contributed by atoms with E-state index in [1.165, 1.54) is 17.7 Å². The molecule has 29 heavy (non-hydrogen) atoms. The summed E-state index contributed by atoms with van der Waals surface area (Å²) in [6, 6.07) is 5.93. The van der Waals surface area contributed by atoms with Crippen LogP contribution in [0, 0.1) is 0 Å². The molecule has 1 atom stereocenters. The summed E-state index contributed by atoms with van der Waals surface area (Å²) < 4.78 is 42.4. The van der Waals surface area contributed by atoms with Crippen LogP contribution in [-0.2, 0) is 13.5 Å². The Labute approximate surface area is 168 Å². The van der Waals surface area contributed by atoms with Crippen molar-refractivity contribution in [1.82, 2.24) is 20.0 Å². The van der Waals surface area contributed by atoms with Gasteiger partial charge in [0.1, 0.15) is 5.75 Å². The molecule has 0 radical (unpaired) electrons. The second-order valence-electron chi connectivity index (χ2n) is 7.06. The Balaban J connectivity index is 1.55. The Morgan fingerprint density at radius 1 is 1.31 bits per heavy atom. The number of rotatable bonds is 6. The molecular weight excluding hydrogens is 383 g/mol. The van der Waals surface area contributed by atoms with Gasteiger partial charge in [-0.25, -0.2) is 0 Å². The molecule has 1 aromatic carbocycles. The van der Waals surface area contributed by atoms with Gasteiger partial charge in [0, 0.05) is 45.3 Å². The van der Waals surface area contributed by atoms with Crippen molar-refractivity contribution >= 4 is 5.96 Å². The Kier molecular flexibility index (Phi) is 6.66. The van der Waals surface area contributed by atoms with Gasteiger partial charge in [-0.05, 0) is 43.0 Å². The summed E-state index contributed by atoms with van der Waals surface area (Å²) in [7, 11) is 1.92. The van der Waals surface area contributed by atoms with Gasteiger partial charge in [0.2, 0.25) is 0 Å². The third-order valence-electron chi connectivity index (χ3n) is 4.84. The fourth-order valence-electron chi connectivity index (χ4n) is 3.45. The molecule has 0 saturated carbocycles. The lowest BCUT2D eigenvalue weighted by Gasteiger charge is -2.21. The van der Waals surface area contributed by atoms with Gasteiger partial charge in [-0.2, -0.15) is 5.10 Å². The summed E-state index contributed by atoms with van der Waals surface area (Å²) in [6.07, 6.45) is 1.00. The van der Waals surface area contributed by atoms with Crippen LogP contribution in [0.5, 0.6) is 5.75 Å². The number of hydrogen-bond acceptors (Lipinski definition) is 3. The van der Waals surface area contributed by atoms with Crippen molar-refractivity contribution in [3.63, 3.8) is 0 Å². The quantitative estimate of drug-likeness (QED) is 0.588. The van der Waals surface area contributed by atoms with E-state index in [4.69, 9.17) is 4.99 Å². The third-order valence-corrected chi connectivity index (χ3v) is 4.84. The first kappa shape index (κ1) is 21.0. The number of nitrogens with zero attached hydrogens (tertiary/aromatic N) is 4. The molecule has 1 N–H and O–H groups in total. The molecule has 2 aromatic rings. The zero-order chi connectivity index (χ0) is 20.9. The molecule has 9 heteroatoms. The number of ether oxygens (including phenoxy) is 1. The van der Waals surface area contributed by atoms with E-state index in [1.54, 1.807) is 12.1 Å². The lowest BCUT2D eigenvalue weighted by Crippen LogP contribution is -2.40. The molecule has 1 saturated heterocycles. The molecule has 3 rings (SSSR count). The van der Waals surface area contributed by atoms with Crippen molar-refractivity contribution < 1.29 is 17.9 Å². The normalized spacial score (nSPS) is 17.6. The van der Waals surface area contributed by atoms with Crippen molar-refractivity contribution in [2.24, 2.45) is 12.0 Å². The highest BCUT2D eigenvalue weighted by Gasteiger charge is 2.31. The lowest BCUT2D eigenvalue weighted by molar-refractivity contribution is -0.274. The molecule has 1 aromatic heterocycles. The first-order valence-corrected chi connectivity index (χ1v) is 9.70. The van der Waals surface area contributed by atoms with Gasteiger partial charge in [-0.15, -0.1) is 13.2 Å². The second-order valence-corrected chi connectivity index (χ2v) is 7.06. The summed E-state index contributed by atoms with van der Waals surface area (Å²) in [5.74, 6) is 1.10. The van der Waals surface area contributed by atoms with E-state index >= 15 is 0 Å². The minimum atomic E-state index is -4.67. The summed E-state index contributed by atoms with van der Waals surface area (Å²) in [6.45, 7) is 5.17. The zero-order valence-corrected chi connectivity index (χ0v) is 16.6. The molecule has 0 amide bonds. The fourth-order valence-corrected chi connectivity index (χ4v) is 3.45. The first-order valence-electron chi connectivity index (χ1n) is 9.70. The summed E-state index contributed by atoms with van der Waals surface area (Å²) >= 11 is 0. The number of nitrogens with one attached hydrogen (secondary N) is 1. The highest BCUT2D eigenvalue weighted by Crippen LogP contribution is 2.27. The van der Waals surface area contributed by atoms with E-state index in [1.807, 2.05) is 24.9 Å². The Morgan fingerprint density at radius 3 is 2.69 bits per heavy atom. The molecule has 0 aliphatic carbocycles. The fraction of sp³-hybridized carbons (Fsp3) is 0.500. The molecule has 0 bridgehead atoms. The van der Waals surface area contributed by atoms with Gasteiger partial charge >= 0.3 is 6.36 Å². The maximum absolute atomic E-state index is 12.2. The van der Waals surface area contributed by atoms with Gasteiger partial charge < -0.3 is 15.0 Å². The van der Waals surface area contributed by atoms with Gasteiger partial charge in [-0.1, -0.05) is 12.1 Å². The van der Waals surface area contributed by atoms with E-state index in [0.717, 1.165) is 37.6 Å². The van der Waals surface area contributed by atoms with Gasteiger partial charge in [-0.3, -0.25) is 9.67 Å². The number of alkyl halides is 3. The van der Waals surface area contributed by atoms with Crippen LogP contribution in [-0.4, -0.2) is 53.2 Å². The molecular formula is C20H26F3N5O. The summed E-state index contributed by atoms with van der Waals surface area (Å²) in [5.41, 5.74) is 2.15. The zero-order valence-electron chi connectivity index (χ0n) is 16.6. The average Bonchev–Trinajstić information content (AvgIpc) is 3.30. The van der Waals surface area contributed by atoms with Crippen LogP contribution in [0.15, 0.2) is 41.7 Å². The Bertz CT molecular complexity index is 816. The maximum Gasteiger partial charge on any atom is 0.573 e. The highest BCUT2D eigenvalue weighted by molar-refractivity contribution is 5.80. The predicted molar refractivity (Wildman–Crippen MR) is 105 cm³/mol. The predicted octanol–water partition coefficient (Wildman–Crippen LogP) is 3.32. The molecule has 0 spiro atoms.